The summed E-state index contributed by atoms with van der Waals surface area (Å²) in [6, 6.07) is 2.35. The molecule has 1 amide bonds. The lowest BCUT2D eigenvalue weighted by Crippen LogP contribution is -2.33. The molecule has 0 saturated carbocycles. The number of nitrogens with zero attached hydrogens (tertiary/aromatic N) is 1. The number of aryl methyl sites for hydroxylation is 1. The van der Waals surface area contributed by atoms with Crippen LogP contribution in [0.25, 0.3) is 10.6 Å². The van der Waals surface area contributed by atoms with Gasteiger partial charge in [-0.2, -0.15) is 17.9 Å². The van der Waals surface area contributed by atoms with Crippen molar-refractivity contribution < 1.29 is 33.7 Å². The third-order valence-corrected chi connectivity index (χ3v) is 4.97. The number of carbonyl (C=O) groups excluding carboxylic acids is 1. The lowest BCUT2D eigenvalue weighted by molar-refractivity contribution is -0.121. The van der Waals surface area contributed by atoms with E-state index in [1.807, 2.05) is 0 Å². The lowest BCUT2D eigenvalue weighted by Gasteiger charge is -2.07. The summed E-state index contributed by atoms with van der Waals surface area (Å²) in [6.45, 7) is 1.23. The SMILES string of the molecule is CC(=O)Nc1nc(C)c(-c2ccc(S(=O)(=O)NCC(F)(F)F)o2)s1.[HH].[HH]. The van der Waals surface area contributed by atoms with E-state index < -0.39 is 27.8 Å². The van der Waals surface area contributed by atoms with E-state index in [-0.39, 0.29) is 14.5 Å². The number of hydrogen-bond acceptors (Lipinski definition) is 6. The van der Waals surface area contributed by atoms with Crippen LogP contribution in [-0.4, -0.2) is 32.0 Å². The molecule has 2 heterocycles. The molecule has 0 aliphatic carbocycles. The first-order valence-corrected chi connectivity index (χ1v) is 8.69. The predicted octanol–water partition coefficient (Wildman–Crippen LogP) is 3.00. The molecule has 136 valence electrons. The van der Waals surface area contributed by atoms with Crippen molar-refractivity contribution in [3.63, 3.8) is 0 Å². The maximum Gasteiger partial charge on any atom is 0.402 e. The van der Waals surface area contributed by atoms with Gasteiger partial charge in [0.2, 0.25) is 11.0 Å². The Morgan fingerprint density at radius 2 is 2.08 bits per heavy atom. The molecule has 2 aromatic heterocycles. The number of anilines is 1. The average molecular weight is 387 g/mol. The Balaban J connectivity index is 0.00000312. The molecule has 2 rings (SSSR count). The van der Waals surface area contributed by atoms with Crippen LogP contribution >= 0.6 is 11.3 Å². The molecule has 2 N–H and O–H groups in total. The van der Waals surface area contributed by atoms with E-state index in [4.69, 9.17) is 4.42 Å². The summed E-state index contributed by atoms with van der Waals surface area (Å²) >= 11 is 1.05. The van der Waals surface area contributed by atoms with Crippen molar-refractivity contribution in [2.24, 2.45) is 0 Å². The second-order valence-corrected chi connectivity index (χ2v) is 7.37. The van der Waals surface area contributed by atoms with E-state index in [1.165, 1.54) is 17.7 Å². The van der Waals surface area contributed by atoms with Gasteiger partial charge in [-0.05, 0) is 19.1 Å². The Morgan fingerprint density at radius 3 is 2.67 bits per heavy atom. The van der Waals surface area contributed by atoms with Gasteiger partial charge in [-0.15, -0.1) is 0 Å². The Labute approximate surface area is 141 Å². The van der Waals surface area contributed by atoms with E-state index >= 15 is 0 Å². The second kappa shape index (κ2) is 6.53. The molecule has 2 aromatic rings. The van der Waals surface area contributed by atoms with Crippen LogP contribution < -0.4 is 10.0 Å². The number of alkyl halides is 3. The molecule has 12 heteroatoms. The van der Waals surface area contributed by atoms with Gasteiger partial charge >= 0.3 is 6.18 Å². The molecule has 0 radical (unpaired) electrons. The molecule has 0 unspecified atom stereocenters. The highest BCUT2D eigenvalue weighted by atomic mass is 32.2. The van der Waals surface area contributed by atoms with Crippen molar-refractivity contribution in [2.75, 3.05) is 11.9 Å². The number of nitrogens with one attached hydrogen (secondary N) is 2. The van der Waals surface area contributed by atoms with E-state index in [9.17, 15) is 26.4 Å². The molecule has 0 bridgehead atoms. The Morgan fingerprint density at radius 1 is 1.42 bits per heavy atom. The number of halogens is 3. The third kappa shape index (κ3) is 4.55. The van der Waals surface area contributed by atoms with Crippen LogP contribution in [0, 0.1) is 6.92 Å². The van der Waals surface area contributed by atoms with Crippen molar-refractivity contribution in [3.8, 4) is 10.6 Å². The first-order chi connectivity index (χ1) is 11.0. The van der Waals surface area contributed by atoms with Gasteiger partial charge in [0.05, 0.1) is 10.6 Å². The fourth-order valence-electron chi connectivity index (χ4n) is 1.66. The van der Waals surface area contributed by atoms with Crippen molar-refractivity contribution in [1.82, 2.24) is 9.71 Å². The first-order valence-electron chi connectivity index (χ1n) is 6.39. The summed E-state index contributed by atoms with van der Waals surface area (Å²) in [5.41, 5.74) is 0.477. The lowest BCUT2D eigenvalue weighted by atomic mass is 10.3. The zero-order valence-electron chi connectivity index (χ0n) is 12.4. The van der Waals surface area contributed by atoms with E-state index in [0.717, 1.165) is 17.4 Å². The number of hydrogen-bond donors (Lipinski definition) is 2. The molecular formula is C12H16F3N3O4S2. The minimum atomic E-state index is -4.68. The van der Waals surface area contributed by atoms with Crippen LogP contribution in [0.5, 0.6) is 0 Å². The largest absolute Gasteiger partial charge is 0.442 e. The number of furan rings is 1. The third-order valence-electron chi connectivity index (χ3n) is 2.61. The predicted molar refractivity (Wildman–Crippen MR) is 84.3 cm³/mol. The van der Waals surface area contributed by atoms with Gasteiger partial charge < -0.3 is 9.73 Å². The van der Waals surface area contributed by atoms with Crippen LogP contribution in [0.3, 0.4) is 0 Å². The van der Waals surface area contributed by atoms with Gasteiger partial charge in [-0.3, -0.25) is 4.79 Å². The molecule has 0 fully saturated rings. The molecule has 0 aromatic carbocycles. The van der Waals surface area contributed by atoms with E-state index in [2.05, 4.69) is 10.3 Å². The summed E-state index contributed by atoms with van der Waals surface area (Å²) in [5.74, 6) is -0.205. The van der Waals surface area contributed by atoms with E-state index in [0.29, 0.717) is 15.7 Å². The summed E-state index contributed by atoms with van der Waals surface area (Å²) in [6.07, 6.45) is -4.68. The van der Waals surface area contributed by atoms with Crippen LogP contribution in [0.4, 0.5) is 18.3 Å². The van der Waals surface area contributed by atoms with Gasteiger partial charge in [-0.1, -0.05) is 11.3 Å². The molecular weight excluding hydrogens is 371 g/mol. The smallest absolute Gasteiger partial charge is 0.402 e. The van der Waals surface area contributed by atoms with Gasteiger partial charge in [0, 0.05) is 9.78 Å². The van der Waals surface area contributed by atoms with Crippen LogP contribution in [0.2, 0.25) is 0 Å². The molecule has 7 nitrogen and oxygen atoms in total. The first kappa shape index (κ1) is 18.4. The summed E-state index contributed by atoms with van der Waals surface area (Å²) in [4.78, 5) is 15.5. The van der Waals surface area contributed by atoms with Crippen molar-refractivity contribution in [2.45, 2.75) is 25.1 Å². The van der Waals surface area contributed by atoms with Gasteiger partial charge in [0.15, 0.2) is 5.13 Å². The minimum absolute atomic E-state index is 0. The highest BCUT2D eigenvalue weighted by Crippen LogP contribution is 2.34. The molecule has 0 spiro atoms. The van der Waals surface area contributed by atoms with Crippen molar-refractivity contribution in [1.29, 1.82) is 0 Å². The number of carbonyl (C=O) groups is 1. The molecule has 0 aliphatic rings. The Hall–Kier alpha value is -1.92. The Kier molecular flexibility index (Phi) is 5.01. The van der Waals surface area contributed by atoms with Gasteiger partial charge in [0.1, 0.15) is 12.3 Å². The number of rotatable bonds is 5. The number of amides is 1. The summed E-state index contributed by atoms with van der Waals surface area (Å²) in [5, 5.41) is 2.14. The number of thiazole rings is 1. The van der Waals surface area contributed by atoms with Gasteiger partial charge in [-0.25, -0.2) is 13.4 Å². The molecule has 0 aliphatic heterocycles. The highest BCUT2D eigenvalue weighted by Gasteiger charge is 2.31. The van der Waals surface area contributed by atoms with Crippen LogP contribution in [0.15, 0.2) is 21.6 Å². The number of sulfonamides is 1. The molecule has 0 saturated heterocycles. The highest BCUT2D eigenvalue weighted by molar-refractivity contribution is 7.89. The minimum Gasteiger partial charge on any atom is -0.442 e. The maximum absolute atomic E-state index is 12.1. The quantitative estimate of drug-likeness (QED) is 0.821. The van der Waals surface area contributed by atoms with Crippen molar-refractivity contribution in [3.05, 3.63) is 17.8 Å². The summed E-state index contributed by atoms with van der Waals surface area (Å²) in [7, 11) is -4.43. The van der Waals surface area contributed by atoms with Gasteiger partial charge in [0.25, 0.3) is 10.0 Å². The second-order valence-electron chi connectivity index (χ2n) is 4.67. The maximum atomic E-state index is 12.1. The molecule has 0 atom stereocenters. The topological polar surface area (TPSA) is 101 Å². The zero-order chi connectivity index (χ0) is 18.1. The normalized spacial score (nSPS) is 12.4. The van der Waals surface area contributed by atoms with Crippen LogP contribution in [-0.2, 0) is 14.8 Å². The standard InChI is InChI=1S/C12H12F3N3O4S2.2H2/c1-6-10(23-11(17-6)18-7(2)19)8-3-4-9(22-8)24(20,21)16-5-12(13,14)15;;/h3-4,16H,5H2,1-2H3,(H,17,18,19);2*1H. The monoisotopic (exact) mass is 387 g/mol. The van der Waals surface area contributed by atoms with E-state index in [1.54, 1.807) is 6.92 Å². The molecule has 24 heavy (non-hydrogen) atoms. The summed E-state index contributed by atoms with van der Waals surface area (Å²) < 4.78 is 66.5. The zero-order valence-corrected chi connectivity index (χ0v) is 14.0. The van der Waals surface area contributed by atoms with Crippen LogP contribution in [0.1, 0.15) is 15.5 Å². The fourth-order valence-corrected chi connectivity index (χ4v) is 3.58. The fraction of sp³-hybridized carbons (Fsp3) is 0.333. The average Bonchev–Trinajstić information content (AvgIpc) is 3.02. The number of aromatic nitrogens is 1. The van der Waals surface area contributed by atoms with Crippen molar-refractivity contribution >= 4 is 32.4 Å². The Bertz CT molecular complexity index is 865.